The molecule has 16 heavy (non-hydrogen) atoms. The predicted molar refractivity (Wildman–Crippen MR) is 58.6 cm³/mol. The van der Waals surface area contributed by atoms with Crippen molar-refractivity contribution in [3.8, 4) is 0 Å². The Morgan fingerprint density at radius 1 is 1.25 bits per heavy atom. The van der Waals surface area contributed by atoms with Crippen LogP contribution in [0.4, 0.5) is 5.69 Å². The van der Waals surface area contributed by atoms with Crippen molar-refractivity contribution in [2.45, 2.75) is 0 Å². The van der Waals surface area contributed by atoms with Crippen molar-refractivity contribution in [3.05, 3.63) is 28.7 Å². The number of halogens is 1. The molecule has 1 aromatic rings. The molecule has 0 aliphatic heterocycles. The number of carboxylic acid groups (broad SMARTS) is 1. The standard InChI is InChI=1S/C10H10BrNO4/c11-7-1-3-8(4-2-7)12-9(13)5-16-6-10(14)15/h1-4H,5-6H2,(H,12,13)(H,14,15)/p-1. The second-order valence-corrected chi connectivity index (χ2v) is 3.84. The summed E-state index contributed by atoms with van der Waals surface area (Å²) in [6.07, 6.45) is 0. The second-order valence-electron chi connectivity index (χ2n) is 2.92. The van der Waals surface area contributed by atoms with Gasteiger partial charge in [-0.05, 0) is 24.3 Å². The van der Waals surface area contributed by atoms with Crippen molar-refractivity contribution in [1.29, 1.82) is 0 Å². The van der Waals surface area contributed by atoms with Gasteiger partial charge in [-0.2, -0.15) is 0 Å². The van der Waals surface area contributed by atoms with E-state index in [2.05, 4.69) is 26.0 Å². The van der Waals surface area contributed by atoms with Crippen LogP contribution in [0.2, 0.25) is 0 Å². The molecule has 0 bridgehead atoms. The van der Waals surface area contributed by atoms with Gasteiger partial charge in [0.25, 0.3) is 0 Å². The van der Waals surface area contributed by atoms with Gasteiger partial charge in [0.15, 0.2) is 0 Å². The van der Waals surface area contributed by atoms with Crippen LogP contribution in [0.1, 0.15) is 0 Å². The molecular formula is C10H9BrNO4-. The Bertz CT molecular complexity index is 377. The molecular weight excluding hydrogens is 278 g/mol. The molecule has 1 amide bonds. The van der Waals surface area contributed by atoms with Gasteiger partial charge in [-0.1, -0.05) is 15.9 Å². The fraction of sp³-hybridized carbons (Fsp3) is 0.200. The molecule has 0 atom stereocenters. The first kappa shape index (κ1) is 12.7. The highest BCUT2D eigenvalue weighted by Crippen LogP contribution is 2.13. The van der Waals surface area contributed by atoms with Crippen LogP contribution in [-0.4, -0.2) is 25.1 Å². The van der Waals surface area contributed by atoms with Gasteiger partial charge in [0, 0.05) is 10.2 Å². The van der Waals surface area contributed by atoms with E-state index in [1.54, 1.807) is 24.3 Å². The Morgan fingerprint density at radius 2 is 1.88 bits per heavy atom. The minimum Gasteiger partial charge on any atom is -0.548 e. The van der Waals surface area contributed by atoms with Crippen LogP contribution in [0.3, 0.4) is 0 Å². The van der Waals surface area contributed by atoms with Gasteiger partial charge >= 0.3 is 0 Å². The number of carbonyl (C=O) groups excluding carboxylic acids is 2. The highest BCUT2D eigenvalue weighted by atomic mass is 79.9. The summed E-state index contributed by atoms with van der Waals surface area (Å²) >= 11 is 3.26. The summed E-state index contributed by atoms with van der Waals surface area (Å²) in [5, 5.41) is 12.5. The van der Waals surface area contributed by atoms with Gasteiger partial charge < -0.3 is 20.0 Å². The van der Waals surface area contributed by atoms with Crippen LogP contribution in [0, 0.1) is 0 Å². The van der Waals surface area contributed by atoms with E-state index >= 15 is 0 Å². The van der Waals surface area contributed by atoms with E-state index in [4.69, 9.17) is 0 Å². The van der Waals surface area contributed by atoms with Gasteiger partial charge in [0.2, 0.25) is 5.91 Å². The summed E-state index contributed by atoms with van der Waals surface area (Å²) in [6.45, 7) is -0.905. The molecule has 1 rings (SSSR count). The Hall–Kier alpha value is -1.40. The van der Waals surface area contributed by atoms with E-state index < -0.39 is 18.5 Å². The lowest BCUT2D eigenvalue weighted by atomic mass is 10.3. The maximum Gasteiger partial charge on any atom is 0.250 e. The van der Waals surface area contributed by atoms with Gasteiger partial charge in [0.1, 0.15) is 6.61 Å². The zero-order valence-electron chi connectivity index (χ0n) is 8.23. The highest BCUT2D eigenvalue weighted by Gasteiger charge is 2.02. The Balaban J connectivity index is 2.34. The summed E-state index contributed by atoms with van der Waals surface area (Å²) in [6, 6.07) is 6.97. The molecule has 0 radical (unpaired) electrons. The highest BCUT2D eigenvalue weighted by molar-refractivity contribution is 9.10. The third kappa shape index (κ3) is 4.90. The van der Waals surface area contributed by atoms with Crippen molar-refractivity contribution in [1.82, 2.24) is 0 Å². The molecule has 0 heterocycles. The van der Waals surface area contributed by atoms with Crippen molar-refractivity contribution in [3.63, 3.8) is 0 Å². The summed E-state index contributed by atoms with van der Waals surface area (Å²) < 4.78 is 5.47. The molecule has 6 heteroatoms. The lowest BCUT2D eigenvalue weighted by Crippen LogP contribution is -2.29. The molecule has 0 saturated heterocycles. The minimum absolute atomic E-state index is 0.315. The number of hydrogen-bond acceptors (Lipinski definition) is 4. The van der Waals surface area contributed by atoms with E-state index in [0.717, 1.165) is 4.47 Å². The number of nitrogens with one attached hydrogen (secondary N) is 1. The molecule has 86 valence electrons. The van der Waals surface area contributed by atoms with Crippen molar-refractivity contribution >= 4 is 33.5 Å². The van der Waals surface area contributed by atoms with Crippen LogP contribution >= 0.6 is 15.9 Å². The number of rotatable bonds is 5. The van der Waals surface area contributed by atoms with Gasteiger partial charge in [0.05, 0.1) is 12.6 Å². The molecule has 5 nitrogen and oxygen atoms in total. The fourth-order valence-electron chi connectivity index (χ4n) is 0.957. The predicted octanol–water partition coefficient (Wildman–Crippen LogP) is 0.154. The van der Waals surface area contributed by atoms with Crippen molar-refractivity contribution in [2.24, 2.45) is 0 Å². The van der Waals surface area contributed by atoms with Gasteiger partial charge in [-0.15, -0.1) is 0 Å². The summed E-state index contributed by atoms with van der Waals surface area (Å²) in [5.74, 6) is -1.76. The lowest BCUT2D eigenvalue weighted by molar-refractivity contribution is -0.309. The number of carbonyl (C=O) groups is 2. The van der Waals surface area contributed by atoms with Gasteiger partial charge in [-0.3, -0.25) is 4.79 Å². The van der Waals surface area contributed by atoms with E-state index in [-0.39, 0.29) is 6.61 Å². The quantitative estimate of drug-likeness (QED) is 0.836. The fourth-order valence-corrected chi connectivity index (χ4v) is 1.22. The van der Waals surface area contributed by atoms with E-state index in [1.807, 2.05) is 0 Å². The van der Waals surface area contributed by atoms with Crippen molar-refractivity contribution in [2.75, 3.05) is 18.5 Å². The topological polar surface area (TPSA) is 78.5 Å². The first-order valence-electron chi connectivity index (χ1n) is 4.41. The van der Waals surface area contributed by atoms with Crippen molar-refractivity contribution < 1.29 is 19.4 Å². The first-order chi connectivity index (χ1) is 7.58. The molecule has 0 spiro atoms. The van der Waals surface area contributed by atoms with Crippen LogP contribution in [0.5, 0.6) is 0 Å². The molecule has 0 aliphatic rings. The van der Waals surface area contributed by atoms with Crippen LogP contribution in [0.15, 0.2) is 28.7 Å². The monoisotopic (exact) mass is 286 g/mol. The average Bonchev–Trinajstić information content (AvgIpc) is 2.21. The lowest BCUT2D eigenvalue weighted by Gasteiger charge is -2.06. The maximum atomic E-state index is 11.2. The maximum absolute atomic E-state index is 11.2. The number of ether oxygens (including phenoxy) is 1. The second kappa shape index (κ2) is 6.24. The normalized spacial score (nSPS) is 9.81. The third-order valence-corrected chi connectivity index (χ3v) is 2.11. The number of carboxylic acids is 1. The van der Waals surface area contributed by atoms with Gasteiger partial charge in [-0.25, -0.2) is 0 Å². The summed E-state index contributed by atoms with van der Waals surface area (Å²) in [5.41, 5.74) is 0.616. The first-order valence-corrected chi connectivity index (χ1v) is 5.20. The third-order valence-electron chi connectivity index (χ3n) is 1.58. The number of aliphatic carboxylic acids is 1. The van der Waals surface area contributed by atoms with Crippen LogP contribution in [0.25, 0.3) is 0 Å². The van der Waals surface area contributed by atoms with E-state index in [1.165, 1.54) is 0 Å². The minimum atomic E-state index is -1.35. The van der Waals surface area contributed by atoms with E-state index in [0.29, 0.717) is 5.69 Å². The number of hydrogen-bond donors (Lipinski definition) is 1. The van der Waals surface area contributed by atoms with E-state index in [9.17, 15) is 14.7 Å². The zero-order chi connectivity index (χ0) is 12.0. The smallest absolute Gasteiger partial charge is 0.250 e. The number of benzene rings is 1. The van der Waals surface area contributed by atoms with Crippen LogP contribution < -0.4 is 10.4 Å². The zero-order valence-corrected chi connectivity index (χ0v) is 9.82. The number of anilines is 1. The number of amides is 1. The molecule has 0 aromatic heterocycles. The molecule has 0 fully saturated rings. The average molecular weight is 287 g/mol. The Morgan fingerprint density at radius 3 is 2.44 bits per heavy atom. The molecule has 1 aromatic carbocycles. The molecule has 0 aliphatic carbocycles. The summed E-state index contributed by atoms with van der Waals surface area (Å²) in [4.78, 5) is 21.2. The molecule has 0 saturated carbocycles. The Labute approximate surface area is 101 Å². The SMILES string of the molecule is O=C([O-])COCC(=O)Nc1ccc(Br)cc1. The molecule has 0 unspecified atom stereocenters. The molecule has 1 N–H and O–H groups in total. The summed E-state index contributed by atoms with van der Waals surface area (Å²) in [7, 11) is 0. The Kier molecular flexibility index (Phi) is 4.94. The van der Waals surface area contributed by atoms with Crippen LogP contribution in [-0.2, 0) is 14.3 Å². The largest absolute Gasteiger partial charge is 0.548 e.